The maximum atomic E-state index is 12.5. The average Bonchev–Trinajstić information content (AvgIpc) is 2.48. The number of para-hydroxylation sites is 2. The summed E-state index contributed by atoms with van der Waals surface area (Å²) in [5, 5.41) is 12.1. The number of benzene rings is 1. The van der Waals surface area contributed by atoms with Crippen molar-refractivity contribution in [3.05, 3.63) is 24.3 Å². The summed E-state index contributed by atoms with van der Waals surface area (Å²) in [4.78, 5) is 23.8. The maximum absolute atomic E-state index is 12.5. The molecule has 0 aromatic heterocycles. The van der Waals surface area contributed by atoms with Crippen LogP contribution in [0.5, 0.6) is 5.75 Å². The number of hydrogen-bond acceptors (Lipinski definition) is 3. The fraction of sp³-hybridized carbons (Fsp3) is 0.529. The molecule has 1 aromatic carbocycles. The topological polar surface area (TPSA) is 75.6 Å². The van der Waals surface area contributed by atoms with E-state index in [9.17, 15) is 14.7 Å². The van der Waals surface area contributed by atoms with E-state index in [4.69, 9.17) is 4.74 Å². The van der Waals surface area contributed by atoms with Gasteiger partial charge in [-0.05, 0) is 38.8 Å². The summed E-state index contributed by atoms with van der Waals surface area (Å²) < 4.78 is 5.68. The largest absolute Gasteiger partial charge is 0.489 e. The van der Waals surface area contributed by atoms with Gasteiger partial charge in [0, 0.05) is 0 Å². The third-order valence-electron chi connectivity index (χ3n) is 3.93. The predicted octanol–water partition coefficient (Wildman–Crippen LogP) is 3.30. The van der Waals surface area contributed by atoms with Gasteiger partial charge in [0.15, 0.2) is 0 Å². The molecule has 5 heteroatoms. The van der Waals surface area contributed by atoms with Crippen LogP contribution < -0.4 is 10.1 Å². The second-order valence-electron chi connectivity index (χ2n) is 5.99. The molecule has 0 bridgehead atoms. The first-order chi connectivity index (χ1) is 10.5. The first-order valence-corrected chi connectivity index (χ1v) is 7.78. The summed E-state index contributed by atoms with van der Waals surface area (Å²) >= 11 is 0. The van der Waals surface area contributed by atoms with Crippen molar-refractivity contribution >= 4 is 17.6 Å². The molecule has 1 aromatic rings. The van der Waals surface area contributed by atoms with Crippen LogP contribution >= 0.6 is 0 Å². The molecule has 0 unspecified atom stereocenters. The Labute approximate surface area is 130 Å². The molecule has 120 valence electrons. The minimum atomic E-state index is -0.883. The Bertz CT molecular complexity index is 541. The van der Waals surface area contributed by atoms with Crippen molar-refractivity contribution in [2.24, 2.45) is 11.8 Å². The lowest BCUT2D eigenvalue weighted by molar-refractivity contribution is -0.147. The zero-order valence-electron chi connectivity index (χ0n) is 13.0. The normalized spacial score (nSPS) is 21.4. The molecule has 1 aliphatic carbocycles. The number of amides is 1. The highest BCUT2D eigenvalue weighted by molar-refractivity contribution is 5.96. The lowest BCUT2D eigenvalue weighted by Gasteiger charge is -2.27. The van der Waals surface area contributed by atoms with E-state index in [0.29, 0.717) is 24.3 Å². The number of carbonyl (C=O) groups is 2. The van der Waals surface area contributed by atoms with Gasteiger partial charge in [-0.15, -0.1) is 0 Å². The van der Waals surface area contributed by atoms with Crippen LogP contribution in [0.25, 0.3) is 0 Å². The van der Waals surface area contributed by atoms with Crippen LogP contribution in [0, 0.1) is 11.8 Å². The molecule has 1 saturated carbocycles. The molecule has 0 aliphatic heterocycles. The lowest BCUT2D eigenvalue weighted by atomic mass is 9.78. The smallest absolute Gasteiger partial charge is 0.307 e. The summed E-state index contributed by atoms with van der Waals surface area (Å²) in [6.45, 7) is 3.83. The fourth-order valence-corrected chi connectivity index (χ4v) is 2.89. The second kappa shape index (κ2) is 7.29. The number of carbonyl (C=O) groups excluding carboxylic acids is 1. The molecule has 22 heavy (non-hydrogen) atoms. The zero-order chi connectivity index (χ0) is 16.1. The third kappa shape index (κ3) is 4.00. The van der Waals surface area contributed by atoms with Crippen molar-refractivity contribution in [1.82, 2.24) is 0 Å². The second-order valence-corrected chi connectivity index (χ2v) is 5.99. The molecule has 0 spiro atoms. The van der Waals surface area contributed by atoms with E-state index < -0.39 is 17.8 Å². The summed E-state index contributed by atoms with van der Waals surface area (Å²) in [5.41, 5.74) is 0.593. The van der Waals surface area contributed by atoms with Gasteiger partial charge in [-0.2, -0.15) is 0 Å². The Hall–Kier alpha value is -2.04. The number of hydrogen-bond donors (Lipinski definition) is 2. The minimum absolute atomic E-state index is 0.000462. The van der Waals surface area contributed by atoms with Gasteiger partial charge in [0.25, 0.3) is 0 Å². The molecule has 5 nitrogen and oxygen atoms in total. The SMILES string of the molecule is CC(C)Oc1ccccc1NC(=O)[C@H]1CCCC[C@@H]1C(=O)O. The van der Waals surface area contributed by atoms with Crippen molar-refractivity contribution in [3.63, 3.8) is 0 Å². The molecule has 0 radical (unpaired) electrons. The van der Waals surface area contributed by atoms with Gasteiger partial charge in [0.2, 0.25) is 5.91 Å². The van der Waals surface area contributed by atoms with E-state index >= 15 is 0 Å². The van der Waals surface area contributed by atoms with E-state index in [-0.39, 0.29) is 12.0 Å². The Morgan fingerprint density at radius 1 is 1.18 bits per heavy atom. The number of carboxylic acids is 1. The van der Waals surface area contributed by atoms with E-state index in [1.54, 1.807) is 12.1 Å². The van der Waals surface area contributed by atoms with Crippen molar-refractivity contribution in [3.8, 4) is 5.75 Å². The van der Waals surface area contributed by atoms with Crippen LogP contribution in [0.1, 0.15) is 39.5 Å². The van der Waals surface area contributed by atoms with Crippen molar-refractivity contribution in [2.45, 2.75) is 45.6 Å². The summed E-state index contributed by atoms with van der Waals surface area (Å²) in [5.74, 6) is -1.57. The molecule has 0 saturated heterocycles. The molecular formula is C17H23NO4. The Morgan fingerprint density at radius 2 is 1.82 bits per heavy atom. The molecule has 1 fully saturated rings. The maximum Gasteiger partial charge on any atom is 0.307 e. The van der Waals surface area contributed by atoms with Crippen LogP contribution in [0.2, 0.25) is 0 Å². The molecule has 2 N–H and O–H groups in total. The Balaban J connectivity index is 2.12. The molecule has 1 amide bonds. The van der Waals surface area contributed by atoms with Crippen molar-refractivity contribution < 1.29 is 19.4 Å². The van der Waals surface area contributed by atoms with Gasteiger partial charge in [-0.25, -0.2) is 0 Å². The predicted molar refractivity (Wildman–Crippen MR) is 83.9 cm³/mol. The highest BCUT2D eigenvalue weighted by Gasteiger charge is 2.35. The standard InChI is InChI=1S/C17H23NO4/c1-11(2)22-15-10-6-5-9-14(15)18-16(19)12-7-3-4-8-13(12)17(20)21/h5-6,9-13H,3-4,7-8H2,1-2H3,(H,18,19)(H,20,21)/t12-,13-/m0/s1. The first kappa shape index (κ1) is 16.3. The number of nitrogens with one attached hydrogen (secondary N) is 1. The van der Waals surface area contributed by atoms with Gasteiger partial charge in [0.05, 0.1) is 23.6 Å². The number of ether oxygens (including phenoxy) is 1. The molecule has 2 atom stereocenters. The highest BCUT2D eigenvalue weighted by atomic mass is 16.5. The van der Waals surface area contributed by atoms with Gasteiger partial charge in [-0.1, -0.05) is 25.0 Å². The van der Waals surface area contributed by atoms with Gasteiger partial charge in [-0.3, -0.25) is 9.59 Å². The Morgan fingerprint density at radius 3 is 2.45 bits per heavy atom. The average molecular weight is 305 g/mol. The van der Waals surface area contributed by atoms with Gasteiger partial charge in [0.1, 0.15) is 5.75 Å². The highest BCUT2D eigenvalue weighted by Crippen LogP contribution is 2.32. The molecular weight excluding hydrogens is 282 g/mol. The van der Waals surface area contributed by atoms with Crippen LogP contribution in [0.3, 0.4) is 0 Å². The molecule has 0 heterocycles. The number of anilines is 1. The zero-order valence-corrected chi connectivity index (χ0v) is 13.0. The Kier molecular flexibility index (Phi) is 5.41. The quantitative estimate of drug-likeness (QED) is 0.875. The summed E-state index contributed by atoms with van der Waals surface area (Å²) in [7, 11) is 0. The number of carboxylic acid groups (broad SMARTS) is 1. The van der Waals surface area contributed by atoms with E-state index in [2.05, 4.69) is 5.32 Å². The van der Waals surface area contributed by atoms with Gasteiger partial charge < -0.3 is 15.2 Å². The minimum Gasteiger partial charge on any atom is -0.489 e. The monoisotopic (exact) mass is 305 g/mol. The van der Waals surface area contributed by atoms with Crippen LogP contribution in [0.4, 0.5) is 5.69 Å². The fourth-order valence-electron chi connectivity index (χ4n) is 2.89. The van der Waals surface area contributed by atoms with Crippen molar-refractivity contribution in [2.75, 3.05) is 5.32 Å². The van der Waals surface area contributed by atoms with Crippen LogP contribution in [-0.2, 0) is 9.59 Å². The van der Waals surface area contributed by atoms with E-state index in [0.717, 1.165) is 12.8 Å². The lowest BCUT2D eigenvalue weighted by Crippen LogP contribution is -2.36. The van der Waals surface area contributed by atoms with Gasteiger partial charge >= 0.3 is 5.97 Å². The first-order valence-electron chi connectivity index (χ1n) is 7.78. The van der Waals surface area contributed by atoms with Crippen molar-refractivity contribution in [1.29, 1.82) is 0 Å². The molecule has 1 aliphatic rings. The summed E-state index contributed by atoms with van der Waals surface area (Å²) in [6, 6.07) is 7.23. The summed E-state index contributed by atoms with van der Waals surface area (Å²) in [6.07, 6.45) is 2.95. The van der Waals surface area contributed by atoms with Crippen LogP contribution in [-0.4, -0.2) is 23.1 Å². The third-order valence-corrected chi connectivity index (χ3v) is 3.93. The van der Waals surface area contributed by atoms with E-state index in [1.807, 2.05) is 26.0 Å². The molecule has 2 rings (SSSR count). The number of aliphatic carboxylic acids is 1. The van der Waals surface area contributed by atoms with E-state index in [1.165, 1.54) is 0 Å². The number of rotatable bonds is 5. The van der Waals surface area contributed by atoms with Crippen LogP contribution in [0.15, 0.2) is 24.3 Å².